The first kappa shape index (κ1) is 10.9. The molecule has 94 valence electrons. The molecule has 1 aromatic rings. The van der Waals surface area contributed by atoms with Crippen LogP contribution in [0.25, 0.3) is 0 Å². The van der Waals surface area contributed by atoms with E-state index >= 15 is 0 Å². The van der Waals surface area contributed by atoms with Crippen LogP contribution < -0.4 is 26.1 Å². The summed E-state index contributed by atoms with van der Waals surface area (Å²) in [6.07, 6.45) is -0.574. The summed E-state index contributed by atoms with van der Waals surface area (Å²) in [5, 5.41) is 7.89. The van der Waals surface area contributed by atoms with Gasteiger partial charge < -0.3 is 15.2 Å². The second-order valence-corrected chi connectivity index (χ2v) is 3.86. The average Bonchev–Trinajstić information content (AvgIpc) is 2.94. The summed E-state index contributed by atoms with van der Waals surface area (Å²) in [7, 11) is 0. The fourth-order valence-electron chi connectivity index (χ4n) is 1.67. The first-order valence-corrected chi connectivity index (χ1v) is 5.35. The summed E-state index contributed by atoms with van der Waals surface area (Å²) in [5.74, 6) is 0.989. The quantitative estimate of drug-likeness (QED) is 0.628. The zero-order chi connectivity index (χ0) is 12.5. The Labute approximate surface area is 102 Å². The summed E-state index contributed by atoms with van der Waals surface area (Å²) < 4.78 is 10.4. The number of hydrogen-bond donors (Lipinski definition) is 3. The third-order valence-electron chi connectivity index (χ3n) is 2.62. The van der Waals surface area contributed by atoms with E-state index in [4.69, 9.17) is 15.2 Å². The van der Waals surface area contributed by atoms with Gasteiger partial charge in [0.05, 0.1) is 5.69 Å². The maximum absolute atomic E-state index is 11.3. The second kappa shape index (κ2) is 4.24. The molecule has 0 radical (unpaired) electrons. The van der Waals surface area contributed by atoms with Crippen LogP contribution in [-0.2, 0) is 4.79 Å². The number of hydrogen-bond acceptors (Lipinski definition) is 7. The molecule has 0 saturated carbocycles. The Balaban J connectivity index is 1.78. The molecule has 0 bridgehead atoms. The van der Waals surface area contributed by atoms with Gasteiger partial charge in [-0.15, -0.1) is 0 Å². The molecule has 8 heteroatoms. The zero-order valence-corrected chi connectivity index (χ0v) is 9.29. The van der Waals surface area contributed by atoms with Gasteiger partial charge in [0.2, 0.25) is 6.79 Å². The summed E-state index contributed by atoms with van der Waals surface area (Å²) in [6, 6.07) is 4.43. The van der Waals surface area contributed by atoms with Gasteiger partial charge in [0, 0.05) is 6.07 Å². The van der Waals surface area contributed by atoms with Crippen LogP contribution in [0.15, 0.2) is 28.4 Å². The lowest BCUT2D eigenvalue weighted by Crippen LogP contribution is -2.40. The number of carbonyl (C=O) groups excluding carboxylic acids is 1. The molecule has 2 aliphatic heterocycles. The van der Waals surface area contributed by atoms with Crippen molar-refractivity contribution in [1.82, 2.24) is 10.9 Å². The molecule has 1 saturated heterocycles. The number of rotatable bonds is 2. The first-order chi connectivity index (χ1) is 8.74. The SMILES string of the molecule is NC1NNC(=O)[C@H]1N=Nc1ccc2c(c1)OCO2. The van der Waals surface area contributed by atoms with Crippen molar-refractivity contribution in [3.63, 3.8) is 0 Å². The number of nitrogens with one attached hydrogen (secondary N) is 2. The largest absolute Gasteiger partial charge is 0.454 e. The van der Waals surface area contributed by atoms with Crippen LogP contribution in [0.4, 0.5) is 5.69 Å². The number of ether oxygens (including phenoxy) is 2. The van der Waals surface area contributed by atoms with Gasteiger partial charge in [-0.05, 0) is 12.1 Å². The molecule has 2 atom stereocenters. The Morgan fingerprint density at radius 2 is 2.17 bits per heavy atom. The molecule has 1 fully saturated rings. The van der Waals surface area contributed by atoms with Crippen molar-refractivity contribution in [3.8, 4) is 11.5 Å². The van der Waals surface area contributed by atoms with E-state index in [1.54, 1.807) is 18.2 Å². The molecule has 3 rings (SSSR count). The van der Waals surface area contributed by atoms with Crippen molar-refractivity contribution >= 4 is 11.6 Å². The number of fused-ring (bicyclic) bond motifs is 1. The Morgan fingerprint density at radius 1 is 1.33 bits per heavy atom. The van der Waals surface area contributed by atoms with Crippen LogP contribution in [0.2, 0.25) is 0 Å². The lowest BCUT2D eigenvalue weighted by molar-refractivity contribution is -0.120. The second-order valence-electron chi connectivity index (χ2n) is 3.86. The zero-order valence-electron chi connectivity index (χ0n) is 9.29. The van der Waals surface area contributed by atoms with E-state index in [0.717, 1.165) is 0 Å². The first-order valence-electron chi connectivity index (χ1n) is 5.35. The van der Waals surface area contributed by atoms with Crippen LogP contribution in [0, 0.1) is 0 Å². The molecule has 2 aliphatic rings. The third-order valence-corrected chi connectivity index (χ3v) is 2.62. The molecule has 2 heterocycles. The number of hydrazine groups is 1. The standard InChI is InChI=1S/C10H11N5O3/c11-9-8(10(16)15-14-9)13-12-5-1-2-6-7(3-5)18-4-17-6/h1-3,8-9,14H,4,11H2,(H,15,16)/t8-,9?/m0/s1. The Morgan fingerprint density at radius 3 is 2.94 bits per heavy atom. The van der Waals surface area contributed by atoms with Crippen LogP contribution in [0.3, 0.4) is 0 Å². The van der Waals surface area contributed by atoms with Crippen molar-refractivity contribution in [1.29, 1.82) is 0 Å². The molecule has 0 spiro atoms. The molecule has 0 aliphatic carbocycles. The number of benzene rings is 1. The highest BCUT2D eigenvalue weighted by Crippen LogP contribution is 2.35. The fourth-order valence-corrected chi connectivity index (χ4v) is 1.67. The van der Waals surface area contributed by atoms with Crippen LogP contribution in [0.5, 0.6) is 11.5 Å². The average molecular weight is 249 g/mol. The molecular weight excluding hydrogens is 238 g/mol. The minimum atomic E-state index is -0.726. The Hall–Kier alpha value is -2.19. The van der Waals surface area contributed by atoms with Crippen molar-refractivity contribution in [2.24, 2.45) is 16.0 Å². The van der Waals surface area contributed by atoms with E-state index < -0.39 is 12.2 Å². The summed E-state index contributed by atoms with van der Waals surface area (Å²) in [4.78, 5) is 11.3. The van der Waals surface area contributed by atoms with Crippen molar-refractivity contribution in [3.05, 3.63) is 18.2 Å². The van der Waals surface area contributed by atoms with Crippen LogP contribution >= 0.6 is 0 Å². The number of azo groups is 1. The molecule has 18 heavy (non-hydrogen) atoms. The summed E-state index contributed by atoms with van der Waals surface area (Å²) >= 11 is 0. The molecule has 0 aromatic heterocycles. The topological polar surface area (TPSA) is 110 Å². The third kappa shape index (κ3) is 1.87. The van der Waals surface area contributed by atoms with E-state index in [-0.39, 0.29) is 12.7 Å². The fraction of sp³-hybridized carbons (Fsp3) is 0.300. The van der Waals surface area contributed by atoms with Crippen molar-refractivity contribution < 1.29 is 14.3 Å². The maximum atomic E-state index is 11.3. The van der Waals surface area contributed by atoms with Gasteiger partial charge in [-0.2, -0.15) is 10.2 Å². The molecule has 8 nitrogen and oxygen atoms in total. The smallest absolute Gasteiger partial charge is 0.263 e. The van der Waals surface area contributed by atoms with Gasteiger partial charge in [0.15, 0.2) is 17.5 Å². The minimum absolute atomic E-state index is 0.204. The lowest BCUT2D eigenvalue weighted by atomic mass is 10.2. The van der Waals surface area contributed by atoms with Gasteiger partial charge in [-0.25, -0.2) is 5.43 Å². The van der Waals surface area contributed by atoms with Crippen LogP contribution in [-0.4, -0.2) is 24.9 Å². The predicted octanol–water partition coefficient (Wildman–Crippen LogP) is -0.213. The number of nitrogens with zero attached hydrogens (tertiary/aromatic N) is 2. The normalized spacial score (nSPS) is 25.7. The molecule has 1 aromatic carbocycles. The summed E-state index contributed by atoms with van der Waals surface area (Å²) in [5.41, 5.74) is 11.2. The minimum Gasteiger partial charge on any atom is -0.454 e. The number of carbonyl (C=O) groups is 1. The molecular formula is C10H11N5O3. The monoisotopic (exact) mass is 249 g/mol. The molecule has 4 N–H and O–H groups in total. The molecule has 1 unspecified atom stereocenters. The Kier molecular flexibility index (Phi) is 2.58. The van der Waals surface area contributed by atoms with Gasteiger partial charge in [0.25, 0.3) is 5.91 Å². The highest BCUT2D eigenvalue weighted by Gasteiger charge is 2.31. The van der Waals surface area contributed by atoms with Crippen molar-refractivity contribution in [2.45, 2.75) is 12.2 Å². The number of nitrogens with two attached hydrogens (primary N) is 1. The van der Waals surface area contributed by atoms with Gasteiger partial charge in [0.1, 0.15) is 6.17 Å². The number of amides is 1. The molecule has 1 amide bonds. The summed E-state index contributed by atoms with van der Waals surface area (Å²) in [6.45, 7) is 0.204. The van der Waals surface area contributed by atoms with Crippen LogP contribution in [0.1, 0.15) is 0 Å². The van der Waals surface area contributed by atoms with E-state index in [2.05, 4.69) is 21.1 Å². The van der Waals surface area contributed by atoms with E-state index in [0.29, 0.717) is 17.2 Å². The van der Waals surface area contributed by atoms with Gasteiger partial charge in [-0.3, -0.25) is 10.2 Å². The predicted molar refractivity (Wildman–Crippen MR) is 60.1 cm³/mol. The van der Waals surface area contributed by atoms with E-state index in [1.165, 1.54) is 0 Å². The highest BCUT2D eigenvalue weighted by atomic mass is 16.7. The van der Waals surface area contributed by atoms with Crippen molar-refractivity contribution in [2.75, 3.05) is 6.79 Å². The van der Waals surface area contributed by atoms with E-state index in [9.17, 15) is 4.79 Å². The Bertz CT molecular complexity index is 518. The maximum Gasteiger partial charge on any atom is 0.263 e. The van der Waals surface area contributed by atoms with Gasteiger partial charge >= 0.3 is 0 Å². The van der Waals surface area contributed by atoms with Gasteiger partial charge in [-0.1, -0.05) is 0 Å². The highest BCUT2D eigenvalue weighted by molar-refractivity contribution is 5.84. The van der Waals surface area contributed by atoms with E-state index in [1.807, 2.05) is 0 Å². The lowest BCUT2D eigenvalue weighted by Gasteiger charge is -2.04.